The Morgan fingerprint density at radius 2 is 1.94 bits per heavy atom. The predicted molar refractivity (Wildman–Crippen MR) is 116 cm³/mol. The van der Waals surface area contributed by atoms with Crippen molar-refractivity contribution in [2.75, 3.05) is 12.9 Å². The number of nitrogens with one attached hydrogen (secondary N) is 1. The molecule has 10 nitrogen and oxygen atoms in total. The van der Waals surface area contributed by atoms with Crippen LogP contribution < -0.4 is 16.0 Å². The number of unbranched alkanes of at least 4 members (excludes halogenated alkanes) is 1. The quantitative estimate of drug-likeness (QED) is 0.352. The molecule has 0 saturated heterocycles. The highest BCUT2D eigenvalue weighted by Gasteiger charge is 2.17. The van der Waals surface area contributed by atoms with Crippen molar-refractivity contribution in [2.24, 2.45) is 0 Å². The molecule has 2 N–H and O–H groups in total. The van der Waals surface area contributed by atoms with Gasteiger partial charge in [0, 0.05) is 19.5 Å². The zero-order valence-corrected chi connectivity index (χ0v) is 18.3. The molecule has 1 aromatic carbocycles. The molecule has 0 aliphatic carbocycles. The Morgan fingerprint density at radius 3 is 2.61 bits per heavy atom. The van der Waals surface area contributed by atoms with Crippen molar-refractivity contribution in [1.82, 2.24) is 19.1 Å². The molecule has 0 aliphatic heterocycles. The van der Waals surface area contributed by atoms with E-state index in [0.717, 1.165) is 15.9 Å². The van der Waals surface area contributed by atoms with Crippen LogP contribution in [0.4, 0.5) is 0 Å². The van der Waals surface area contributed by atoms with Crippen molar-refractivity contribution in [3.63, 3.8) is 0 Å². The minimum absolute atomic E-state index is 0.186. The fourth-order valence-electron chi connectivity index (χ4n) is 3.46. The molecular weight excluding hydrogens is 424 g/mol. The number of methoxy groups -OCH3 is 1. The molecule has 3 rings (SSSR count). The van der Waals surface area contributed by atoms with Crippen LogP contribution in [-0.4, -0.2) is 44.9 Å². The second-order valence-corrected chi connectivity index (χ2v) is 8.78. The number of nitrogens with zero attached hydrogens (tertiary/aromatic N) is 3. The van der Waals surface area contributed by atoms with Gasteiger partial charge in [-0.25, -0.2) is 9.78 Å². The molecule has 3 aromatic rings. The summed E-state index contributed by atoms with van der Waals surface area (Å²) < 4.78 is 38.5. The molecule has 31 heavy (non-hydrogen) atoms. The van der Waals surface area contributed by atoms with Gasteiger partial charge in [-0.2, -0.15) is 8.42 Å². The van der Waals surface area contributed by atoms with E-state index in [1.54, 1.807) is 14.0 Å². The number of benzene rings is 1. The summed E-state index contributed by atoms with van der Waals surface area (Å²) >= 11 is 0. The molecule has 0 fully saturated rings. The van der Waals surface area contributed by atoms with Crippen molar-refractivity contribution in [1.29, 1.82) is 0 Å². The molecule has 0 radical (unpaired) electrons. The van der Waals surface area contributed by atoms with Gasteiger partial charge in [0.05, 0.1) is 12.9 Å². The molecule has 0 spiro atoms. The third-order valence-electron chi connectivity index (χ3n) is 5.05. The Bertz CT molecular complexity index is 1290. The monoisotopic (exact) mass is 450 g/mol. The smallest absolute Gasteiger partial charge is 0.332 e. The lowest BCUT2D eigenvalue weighted by Gasteiger charge is -2.09. The van der Waals surface area contributed by atoms with E-state index < -0.39 is 21.4 Å². The van der Waals surface area contributed by atoms with Crippen molar-refractivity contribution >= 4 is 21.3 Å². The highest BCUT2D eigenvalue weighted by atomic mass is 32.2. The first kappa shape index (κ1) is 22.8. The number of aryl methyl sites for hydroxylation is 3. The van der Waals surface area contributed by atoms with Gasteiger partial charge in [-0.05, 0) is 43.9 Å². The van der Waals surface area contributed by atoms with Gasteiger partial charge in [0.15, 0.2) is 5.65 Å². The van der Waals surface area contributed by atoms with Gasteiger partial charge in [-0.15, -0.1) is 0 Å². The summed E-state index contributed by atoms with van der Waals surface area (Å²) in [6.07, 6.45) is 1.72. The topological polar surface area (TPSA) is 136 Å². The lowest BCUT2D eigenvalue weighted by molar-refractivity contribution is 0.414. The minimum Gasteiger partial charge on any atom is -0.497 e. The average Bonchev–Trinajstić information content (AvgIpc) is 3.16. The van der Waals surface area contributed by atoms with Gasteiger partial charge in [-0.3, -0.25) is 18.5 Å². The summed E-state index contributed by atoms with van der Waals surface area (Å²) in [6, 6.07) is 7.66. The molecule has 0 atom stereocenters. The minimum atomic E-state index is -4.06. The highest BCUT2D eigenvalue weighted by Crippen LogP contribution is 2.15. The Balaban J connectivity index is 1.89. The van der Waals surface area contributed by atoms with E-state index in [1.807, 2.05) is 24.3 Å². The van der Waals surface area contributed by atoms with Crippen molar-refractivity contribution in [2.45, 2.75) is 45.7 Å². The van der Waals surface area contributed by atoms with Crippen molar-refractivity contribution in [3.05, 3.63) is 56.5 Å². The molecule has 0 bridgehead atoms. The van der Waals surface area contributed by atoms with E-state index in [-0.39, 0.29) is 36.4 Å². The van der Waals surface area contributed by atoms with E-state index in [1.165, 1.54) is 4.57 Å². The highest BCUT2D eigenvalue weighted by molar-refractivity contribution is 7.85. The number of imidazole rings is 1. The number of ether oxygens (including phenoxy) is 1. The molecule has 11 heteroatoms. The van der Waals surface area contributed by atoms with Crippen LogP contribution in [0.1, 0.15) is 31.2 Å². The van der Waals surface area contributed by atoms with E-state index in [0.29, 0.717) is 25.1 Å². The van der Waals surface area contributed by atoms with Crippen LogP contribution in [0.25, 0.3) is 11.2 Å². The Kier molecular flexibility index (Phi) is 6.96. The number of hydrogen-bond donors (Lipinski definition) is 2. The molecule has 2 aromatic heterocycles. The van der Waals surface area contributed by atoms with Crippen LogP contribution >= 0.6 is 0 Å². The molecule has 168 valence electrons. The average molecular weight is 451 g/mol. The van der Waals surface area contributed by atoms with Crippen LogP contribution in [0.15, 0.2) is 33.9 Å². The second kappa shape index (κ2) is 9.48. The summed E-state index contributed by atoms with van der Waals surface area (Å²) in [6.45, 7) is 2.10. The number of rotatable bonds is 10. The van der Waals surface area contributed by atoms with Gasteiger partial charge < -0.3 is 9.72 Å². The zero-order valence-electron chi connectivity index (χ0n) is 17.5. The third-order valence-corrected chi connectivity index (χ3v) is 5.85. The summed E-state index contributed by atoms with van der Waals surface area (Å²) in [5.74, 6) is 0.950. The SMILES string of the molecule is CCn1c(=O)c2[nH]c(CCc3cccc(OC)c3)nc2n(CCCCS(=O)(=O)O)c1=O. The van der Waals surface area contributed by atoms with Gasteiger partial charge in [0.1, 0.15) is 17.1 Å². The third kappa shape index (κ3) is 5.42. The molecule has 0 aliphatic rings. The van der Waals surface area contributed by atoms with Crippen molar-refractivity contribution in [3.8, 4) is 5.75 Å². The standard InChI is InChI=1S/C20H26N4O6S/c1-3-23-19(25)17-18(24(20(23)26)11-4-5-12-31(27,28)29)22-16(21-17)10-9-14-7-6-8-15(13-14)30-2/h6-8,13H,3-5,9-12H2,1-2H3,(H,21,22)(H,27,28,29). The van der Waals surface area contributed by atoms with Gasteiger partial charge in [-0.1, -0.05) is 12.1 Å². The van der Waals surface area contributed by atoms with E-state index >= 15 is 0 Å². The Labute approximate surface area is 179 Å². The van der Waals surface area contributed by atoms with Gasteiger partial charge in [0.2, 0.25) is 0 Å². The second-order valence-electron chi connectivity index (χ2n) is 7.21. The molecule has 0 unspecified atom stereocenters. The van der Waals surface area contributed by atoms with Gasteiger partial charge in [0.25, 0.3) is 15.7 Å². The van der Waals surface area contributed by atoms with Gasteiger partial charge >= 0.3 is 5.69 Å². The number of H-pyrrole nitrogens is 1. The van der Waals surface area contributed by atoms with E-state index in [9.17, 15) is 18.0 Å². The van der Waals surface area contributed by atoms with Crippen LogP contribution in [0, 0.1) is 0 Å². The lowest BCUT2D eigenvalue weighted by Crippen LogP contribution is -2.39. The first-order valence-electron chi connectivity index (χ1n) is 10.0. The molecule has 0 saturated carbocycles. The number of aromatic amines is 1. The Hall–Kier alpha value is -2.92. The van der Waals surface area contributed by atoms with Crippen LogP contribution in [0.5, 0.6) is 5.75 Å². The predicted octanol–water partition coefficient (Wildman–Crippen LogP) is 1.37. The molecular formula is C20H26N4O6S. The maximum atomic E-state index is 12.8. The van der Waals surface area contributed by atoms with E-state index in [4.69, 9.17) is 9.29 Å². The fourth-order valence-corrected chi connectivity index (χ4v) is 4.03. The Morgan fingerprint density at radius 1 is 1.16 bits per heavy atom. The van der Waals surface area contributed by atoms with Crippen LogP contribution in [0.3, 0.4) is 0 Å². The van der Waals surface area contributed by atoms with Crippen LogP contribution in [0.2, 0.25) is 0 Å². The fraction of sp³-hybridized carbons (Fsp3) is 0.450. The number of fused-ring (bicyclic) bond motifs is 1. The summed E-state index contributed by atoms with van der Waals surface area (Å²) in [5.41, 5.74) is 0.631. The molecule has 2 heterocycles. The largest absolute Gasteiger partial charge is 0.497 e. The lowest BCUT2D eigenvalue weighted by atomic mass is 10.1. The summed E-state index contributed by atoms with van der Waals surface area (Å²) in [4.78, 5) is 33.0. The van der Waals surface area contributed by atoms with E-state index in [2.05, 4.69) is 9.97 Å². The van der Waals surface area contributed by atoms with Crippen molar-refractivity contribution < 1.29 is 17.7 Å². The van der Waals surface area contributed by atoms with Crippen LogP contribution in [-0.2, 0) is 36.0 Å². The first-order valence-corrected chi connectivity index (χ1v) is 11.6. The maximum Gasteiger partial charge on any atom is 0.332 e. The molecule has 0 amide bonds. The zero-order chi connectivity index (χ0) is 22.6. The summed E-state index contributed by atoms with van der Waals surface area (Å²) in [7, 11) is -2.46. The number of hydrogen-bond acceptors (Lipinski definition) is 6. The summed E-state index contributed by atoms with van der Waals surface area (Å²) in [5, 5.41) is 0. The first-order chi connectivity index (χ1) is 14.7. The normalized spacial score (nSPS) is 11.8. The number of aromatic nitrogens is 4. The maximum absolute atomic E-state index is 12.8.